The van der Waals surface area contributed by atoms with Crippen LogP contribution in [-0.2, 0) is 0 Å². The van der Waals surface area contributed by atoms with Gasteiger partial charge in [-0.15, -0.1) is 0 Å². The Balaban J connectivity index is 1.86. The third kappa shape index (κ3) is 3.53. The topological polar surface area (TPSA) is 88.6 Å². The van der Waals surface area contributed by atoms with Crippen molar-refractivity contribution in [1.29, 1.82) is 0 Å². The normalized spacial score (nSPS) is 11.3. The van der Waals surface area contributed by atoms with Gasteiger partial charge in [-0.1, -0.05) is 0 Å². The van der Waals surface area contributed by atoms with Crippen molar-refractivity contribution in [1.82, 2.24) is 9.38 Å². The molecule has 0 fully saturated rings. The van der Waals surface area contributed by atoms with Crippen molar-refractivity contribution >= 4 is 17.7 Å². The Bertz CT molecular complexity index is 1260. The molecule has 0 aliphatic heterocycles. The highest BCUT2D eigenvalue weighted by molar-refractivity contribution is 5.86. The number of hydrogen-bond donors (Lipinski definition) is 2. The summed E-state index contributed by atoms with van der Waals surface area (Å²) in [6.45, 7) is 2.00. The molecule has 0 aliphatic carbocycles. The molecule has 2 aromatic carbocycles. The number of pyridine rings is 1. The molecule has 7 nitrogen and oxygen atoms in total. The van der Waals surface area contributed by atoms with Crippen molar-refractivity contribution in [3.8, 4) is 34.3 Å². The van der Waals surface area contributed by atoms with Crippen molar-refractivity contribution in [2.75, 3.05) is 14.2 Å². The van der Waals surface area contributed by atoms with Gasteiger partial charge in [0.05, 0.1) is 14.2 Å². The number of aliphatic imine (C=N–C) groups is 1. The van der Waals surface area contributed by atoms with E-state index in [0.717, 1.165) is 22.3 Å². The minimum absolute atomic E-state index is 0.0575. The lowest BCUT2D eigenvalue weighted by molar-refractivity contribution is 0.373. The number of aromatic nitrogens is 2. The van der Waals surface area contributed by atoms with E-state index in [0.29, 0.717) is 23.0 Å². The number of aryl methyl sites for hydroxylation is 1. The van der Waals surface area contributed by atoms with E-state index in [4.69, 9.17) is 14.5 Å². The summed E-state index contributed by atoms with van der Waals surface area (Å²) in [6.07, 6.45) is 3.61. The fraction of sp³-hybridized carbons (Fsp3) is 0.130. The minimum atomic E-state index is 0.0575. The van der Waals surface area contributed by atoms with Crippen LogP contribution in [0.25, 0.3) is 16.9 Å². The van der Waals surface area contributed by atoms with E-state index >= 15 is 0 Å². The van der Waals surface area contributed by atoms with Crippen LogP contribution in [0.2, 0.25) is 0 Å². The monoisotopic (exact) mass is 403 g/mol. The molecule has 2 N–H and O–H groups in total. The average molecular weight is 403 g/mol. The maximum Gasteiger partial charge on any atom is 0.165 e. The Morgan fingerprint density at radius 3 is 2.37 bits per heavy atom. The molecule has 30 heavy (non-hydrogen) atoms. The van der Waals surface area contributed by atoms with E-state index in [9.17, 15) is 10.2 Å². The van der Waals surface area contributed by atoms with Gasteiger partial charge in [0.1, 0.15) is 11.3 Å². The number of imidazole rings is 1. The molecule has 0 spiro atoms. The number of nitrogens with zero attached hydrogens (tertiary/aromatic N) is 3. The number of ether oxygens (including phenoxy) is 2. The maximum atomic E-state index is 9.94. The van der Waals surface area contributed by atoms with Gasteiger partial charge in [-0.2, -0.15) is 0 Å². The summed E-state index contributed by atoms with van der Waals surface area (Å²) in [5, 5.41) is 19.7. The third-order valence-corrected chi connectivity index (χ3v) is 4.75. The average Bonchev–Trinajstić information content (AvgIpc) is 3.11. The third-order valence-electron chi connectivity index (χ3n) is 4.75. The van der Waals surface area contributed by atoms with Crippen molar-refractivity contribution in [3.63, 3.8) is 0 Å². The first-order valence-corrected chi connectivity index (χ1v) is 9.27. The first-order valence-electron chi connectivity index (χ1n) is 9.27. The minimum Gasteiger partial charge on any atom is -0.504 e. The van der Waals surface area contributed by atoms with E-state index in [2.05, 4.69) is 4.99 Å². The highest BCUT2D eigenvalue weighted by atomic mass is 16.5. The number of benzene rings is 2. The summed E-state index contributed by atoms with van der Waals surface area (Å²) < 4.78 is 12.3. The molecular weight excluding hydrogens is 382 g/mol. The Kier molecular flexibility index (Phi) is 5.02. The summed E-state index contributed by atoms with van der Waals surface area (Å²) in [6, 6.07) is 14.0. The molecule has 0 saturated heterocycles. The standard InChI is InChI=1S/C23H21N3O4/c1-14-8-9-26-21(10-14)25-22(16-5-7-18(28)20(12-16)30-3)23(26)24-13-15-4-6-17(27)19(11-15)29-2/h4-13,27-28H,1-3H3/b24-13+. The molecule has 4 rings (SSSR count). The van der Waals surface area contributed by atoms with Crippen LogP contribution in [0.1, 0.15) is 11.1 Å². The molecule has 0 aliphatic rings. The Morgan fingerprint density at radius 1 is 0.933 bits per heavy atom. The predicted octanol–water partition coefficient (Wildman–Crippen LogP) is 4.49. The van der Waals surface area contributed by atoms with Gasteiger partial charge < -0.3 is 19.7 Å². The number of phenols is 2. The summed E-state index contributed by atoms with van der Waals surface area (Å²) in [7, 11) is 3.00. The van der Waals surface area contributed by atoms with Gasteiger partial charge in [-0.25, -0.2) is 9.98 Å². The Hall–Kier alpha value is -4.00. The molecule has 0 amide bonds. The lowest BCUT2D eigenvalue weighted by Crippen LogP contribution is -1.89. The van der Waals surface area contributed by atoms with Gasteiger partial charge in [-0.3, -0.25) is 4.40 Å². The quantitative estimate of drug-likeness (QED) is 0.480. The zero-order valence-corrected chi connectivity index (χ0v) is 16.8. The van der Waals surface area contributed by atoms with Gasteiger partial charge in [-0.05, 0) is 66.6 Å². The van der Waals surface area contributed by atoms with E-state index in [-0.39, 0.29) is 11.5 Å². The van der Waals surface area contributed by atoms with Crippen LogP contribution in [-0.4, -0.2) is 40.0 Å². The number of methoxy groups -OCH3 is 2. The number of phenolic OH excluding ortho intramolecular Hbond substituents is 2. The Morgan fingerprint density at radius 2 is 1.63 bits per heavy atom. The molecule has 0 saturated carbocycles. The van der Waals surface area contributed by atoms with E-state index in [1.807, 2.05) is 29.7 Å². The van der Waals surface area contributed by atoms with Crippen molar-refractivity contribution in [2.24, 2.45) is 4.99 Å². The van der Waals surface area contributed by atoms with E-state index < -0.39 is 0 Å². The fourth-order valence-electron chi connectivity index (χ4n) is 3.19. The maximum absolute atomic E-state index is 9.94. The molecule has 2 heterocycles. The first kappa shape index (κ1) is 19.3. The lowest BCUT2D eigenvalue weighted by Gasteiger charge is -2.06. The highest BCUT2D eigenvalue weighted by Crippen LogP contribution is 2.36. The SMILES string of the molecule is COc1cc(/C=N/c2c(-c3ccc(O)c(OC)c3)nc3cc(C)ccn23)ccc1O. The zero-order chi connectivity index (χ0) is 21.3. The largest absolute Gasteiger partial charge is 0.504 e. The van der Waals surface area contributed by atoms with Crippen LogP contribution >= 0.6 is 0 Å². The van der Waals surface area contributed by atoms with Gasteiger partial charge in [0.15, 0.2) is 28.8 Å². The smallest absolute Gasteiger partial charge is 0.165 e. The van der Waals surface area contributed by atoms with Crippen molar-refractivity contribution in [2.45, 2.75) is 6.92 Å². The second-order valence-electron chi connectivity index (χ2n) is 6.79. The van der Waals surface area contributed by atoms with Crippen LogP contribution in [0, 0.1) is 6.92 Å². The number of rotatable bonds is 5. The van der Waals surface area contributed by atoms with Gasteiger partial charge >= 0.3 is 0 Å². The van der Waals surface area contributed by atoms with E-state index in [1.54, 1.807) is 42.6 Å². The summed E-state index contributed by atoms with van der Waals surface area (Å²) in [5.74, 6) is 1.49. The fourth-order valence-corrected chi connectivity index (χ4v) is 3.19. The second-order valence-corrected chi connectivity index (χ2v) is 6.79. The molecular formula is C23H21N3O4. The molecule has 0 radical (unpaired) electrons. The van der Waals surface area contributed by atoms with Crippen LogP contribution in [0.3, 0.4) is 0 Å². The van der Waals surface area contributed by atoms with Crippen LogP contribution in [0.15, 0.2) is 59.7 Å². The van der Waals surface area contributed by atoms with Crippen LogP contribution in [0.4, 0.5) is 5.82 Å². The molecule has 7 heteroatoms. The lowest BCUT2D eigenvalue weighted by atomic mass is 10.1. The molecule has 2 aromatic heterocycles. The molecule has 0 unspecified atom stereocenters. The summed E-state index contributed by atoms with van der Waals surface area (Å²) in [5.41, 5.74) is 4.02. The molecule has 152 valence electrons. The second kappa shape index (κ2) is 7.79. The molecule has 4 aromatic rings. The van der Waals surface area contributed by atoms with Gasteiger partial charge in [0.25, 0.3) is 0 Å². The first-order chi connectivity index (χ1) is 14.5. The Labute approximate surface area is 173 Å². The summed E-state index contributed by atoms with van der Waals surface area (Å²) >= 11 is 0. The molecule has 0 atom stereocenters. The van der Waals surface area contributed by atoms with Crippen molar-refractivity contribution in [3.05, 3.63) is 65.9 Å². The van der Waals surface area contributed by atoms with Gasteiger partial charge in [0, 0.05) is 18.0 Å². The zero-order valence-electron chi connectivity index (χ0n) is 16.8. The van der Waals surface area contributed by atoms with Crippen molar-refractivity contribution < 1.29 is 19.7 Å². The summed E-state index contributed by atoms with van der Waals surface area (Å²) in [4.78, 5) is 9.44. The van der Waals surface area contributed by atoms with E-state index in [1.165, 1.54) is 14.2 Å². The van der Waals surface area contributed by atoms with Crippen LogP contribution < -0.4 is 9.47 Å². The number of fused-ring (bicyclic) bond motifs is 1. The number of aromatic hydroxyl groups is 2. The van der Waals surface area contributed by atoms with Gasteiger partial charge in [0.2, 0.25) is 0 Å². The van der Waals surface area contributed by atoms with Crippen LogP contribution in [0.5, 0.6) is 23.0 Å². The highest BCUT2D eigenvalue weighted by Gasteiger charge is 2.15. The predicted molar refractivity (Wildman–Crippen MR) is 115 cm³/mol. The number of hydrogen-bond acceptors (Lipinski definition) is 6. The molecule has 0 bridgehead atoms.